The molecule has 0 radical (unpaired) electrons. The molecule has 0 fully saturated rings. The lowest BCUT2D eigenvalue weighted by molar-refractivity contribution is 0.127. The lowest BCUT2D eigenvalue weighted by Crippen LogP contribution is -2.36. The zero-order valence-corrected chi connectivity index (χ0v) is 15.0. The molecule has 0 N–H and O–H groups in total. The highest BCUT2D eigenvalue weighted by atomic mass is 79.9. The lowest BCUT2D eigenvalue weighted by atomic mass is 10.1. The molecule has 0 aliphatic heterocycles. The highest BCUT2D eigenvalue weighted by Crippen LogP contribution is 2.30. The van der Waals surface area contributed by atoms with Crippen molar-refractivity contribution >= 4 is 27.7 Å². The second kappa shape index (κ2) is 8.24. The quantitative estimate of drug-likeness (QED) is 0.668. The van der Waals surface area contributed by atoms with Crippen LogP contribution < -0.4 is 4.90 Å². The Balaban J connectivity index is 2.23. The van der Waals surface area contributed by atoms with E-state index in [1.54, 1.807) is 38.1 Å². The number of alkyl halides is 2. The largest absolute Gasteiger partial charge is 0.444 e. The van der Waals surface area contributed by atoms with Crippen molar-refractivity contribution < 1.29 is 18.3 Å². The number of ether oxygens (including phenoxy) is 1. The van der Waals surface area contributed by atoms with Crippen molar-refractivity contribution in [3.63, 3.8) is 0 Å². The summed E-state index contributed by atoms with van der Waals surface area (Å²) in [4.78, 5) is 13.4. The molecule has 1 amide bonds. The zero-order valence-electron chi connectivity index (χ0n) is 13.4. The molecule has 0 saturated carbocycles. The third kappa shape index (κ3) is 4.77. The van der Waals surface area contributed by atoms with Crippen LogP contribution in [0.3, 0.4) is 0 Å². The Morgan fingerprint density at radius 1 is 1.17 bits per heavy atom. The molecule has 0 heterocycles. The number of hydrogen-bond acceptors (Lipinski definition) is 2. The van der Waals surface area contributed by atoms with Crippen LogP contribution in [0.25, 0.3) is 0 Å². The van der Waals surface area contributed by atoms with E-state index in [2.05, 4.69) is 15.9 Å². The van der Waals surface area contributed by atoms with Crippen LogP contribution in [0.15, 0.2) is 46.9 Å². The maximum absolute atomic E-state index is 13.0. The molecule has 0 aliphatic rings. The first-order chi connectivity index (χ1) is 11.4. The smallest absolute Gasteiger partial charge is 0.414 e. The van der Waals surface area contributed by atoms with Crippen LogP contribution in [0.4, 0.5) is 19.3 Å². The van der Waals surface area contributed by atoms with E-state index in [-0.39, 0.29) is 6.61 Å². The minimum atomic E-state index is -2.66. The maximum atomic E-state index is 13.0. The summed E-state index contributed by atoms with van der Waals surface area (Å²) in [5.41, 5.74) is 2.70. The topological polar surface area (TPSA) is 29.5 Å². The lowest BCUT2D eigenvalue weighted by Gasteiger charge is -2.25. The Labute approximate surface area is 148 Å². The molecule has 2 aromatic carbocycles. The molecule has 6 heteroatoms. The second-order valence-electron chi connectivity index (χ2n) is 5.43. The van der Waals surface area contributed by atoms with E-state index in [1.165, 1.54) is 0 Å². The fraction of sp³-hybridized carbons (Fsp3) is 0.278. The van der Waals surface area contributed by atoms with Crippen LogP contribution in [-0.4, -0.2) is 19.1 Å². The molecule has 0 bridgehead atoms. The maximum Gasteiger partial charge on any atom is 0.414 e. The standard InChI is InChI=1S/C18H18BrF2NO2/c1-12-8-15(19)9-13(2)17(12)22(10-16(20)21)18(23)24-11-14-6-4-3-5-7-14/h3-9,16H,10-11H2,1-2H3. The molecule has 2 rings (SSSR count). The van der Waals surface area contributed by atoms with Crippen molar-refractivity contribution in [2.75, 3.05) is 11.4 Å². The Bertz CT molecular complexity index is 684. The SMILES string of the molecule is Cc1cc(Br)cc(C)c1N(CC(F)F)C(=O)OCc1ccccc1. The van der Waals surface area contributed by atoms with Gasteiger partial charge in [0.2, 0.25) is 0 Å². The first kappa shape index (κ1) is 18.4. The molecule has 2 aromatic rings. The van der Waals surface area contributed by atoms with Crippen LogP contribution >= 0.6 is 15.9 Å². The molecule has 0 unspecified atom stereocenters. The van der Waals surface area contributed by atoms with Crippen LogP contribution in [0.1, 0.15) is 16.7 Å². The number of hydrogen-bond donors (Lipinski definition) is 0. The molecule has 0 spiro atoms. The summed E-state index contributed by atoms with van der Waals surface area (Å²) >= 11 is 3.36. The van der Waals surface area contributed by atoms with E-state index in [4.69, 9.17) is 4.74 Å². The summed E-state index contributed by atoms with van der Waals surface area (Å²) in [5, 5.41) is 0. The number of anilines is 1. The Morgan fingerprint density at radius 3 is 2.29 bits per heavy atom. The molecular formula is C18H18BrF2NO2. The van der Waals surface area contributed by atoms with Crippen LogP contribution in [0.2, 0.25) is 0 Å². The average molecular weight is 398 g/mol. The Hall–Kier alpha value is -1.95. The summed E-state index contributed by atoms with van der Waals surface area (Å²) < 4.78 is 32.0. The summed E-state index contributed by atoms with van der Waals surface area (Å²) in [6.07, 6.45) is -3.44. The van der Waals surface area contributed by atoms with Crippen molar-refractivity contribution in [3.05, 3.63) is 63.6 Å². The number of halogens is 3. The first-order valence-electron chi connectivity index (χ1n) is 7.41. The fourth-order valence-electron chi connectivity index (χ4n) is 2.52. The van der Waals surface area contributed by atoms with Gasteiger partial charge in [-0.15, -0.1) is 0 Å². The molecular weight excluding hydrogens is 380 g/mol. The number of rotatable bonds is 5. The predicted octanol–water partition coefficient (Wildman–Crippen LogP) is 5.47. The first-order valence-corrected chi connectivity index (χ1v) is 8.21. The normalized spacial score (nSPS) is 10.8. The summed E-state index contributed by atoms with van der Waals surface area (Å²) in [7, 11) is 0. The molecule has 0 aliphatic carbocycles. The summed E-state index contributed by atoms with van der Waals surface area (Å²) in [5.74, 6) is 0. The van der Waals surface area contributed by atoms with Gasteiger partial charge in [0.25, 0.3) is 6.43 Å². The summed E-state index contributed by atoms with van der Waals surface area (Å²) in [6.45, 7) is 2.87. The highest BCUT2D eigenvalue weighted by molar-refractivity contribution is 9.10. The van der Waals surface area contributed by atoms with Gasteiger partial charge in [-0.2, -0.15) is 0 Å². The summed E-state index contributed by atoms with van der Waals surface area (Å²) in [6, 6.07) is 12.7. The number of carbonyl (C=O) groups is 1. The second-order valence-corrected chi connectivity index (χ2v) is 6.35. The van der Waals surface area contributed by atoms with Gasteiger partial charge in [-0.25, -0.2) is 13.6 Å². The van der Waals surface area contributed by atoms with Gasteiger partial charge in [0.05, 0.1) is 12.2 Å². The van der Waals surface area contributed by atoms with Crippen molar-refractivity contribution in [1.82, 2.24) is 0 Å². The molecule has 24 heavy (non-hydrogen) atoms. The van der Waals surface area contributed by atoms with Crippen molar-refractivity contribution in [3.8, 4) is 0 Å². The van der Waals surface area contributed by atoms with Gasteiger partial charge >= 0.3 is 6.09 Å². The van der Waals surface area contributed by atoms with E-state index in [9.17, 15) is 13.6 Å². The number of aryl methyl sites for hydroxylation is 2. The van der Waals surface area contributed by atoms with Crippen molar-refractivity contribution in [1.29, 1.82) is 0 Å². The highest BCUT2D eigenvalue weighted by Gasteiger charge is 2.24. The number of nitrogens with zero attached hydrogens (tertiary/aromatic N) is 1. The van der Waals surface area contributed by atoms with Gasteiger partial charge in [0.1, 0.15) is 6.61 Å². The van der Waals surface area contributed by atoms with Gasteiger partial charge in [0, 0.05) is 4.47 Å². The molecule has 0 aromatic heterocycles. The minimum Gasteiger partial charge on any atom is -0.444 e. The van der Waals surface area contributed by atoms with Gasteiger partial charge in [-0.1, -0.05) is 46.3 Å². The number of benzene rings is 2. The van der Waals surface area contributed by atoms with Crippen molar-refractivity contribution in [2.45, 2.75) is 26.9 Å². The monoisotopic (exact) mass is 397 g/mol. The molecule has 0 saturated heterocycles. The van der Waals surface area contributed by atoms with Gasteiger partial charge in [-0.05, 0) is 42.7 Å². The van der Waals surface area contributed by atoms with Gasteiger partial charge in [0.15, 0.2) is 0 Å². The van der Waals surface area contributed by atoms with E-state index >= 15 is 0 Å². The van der Waals surface area contributed by atoms with Crippen LogP contribution in [-0.2, 0) is 11.3 Å². The van der Waals surface area contributed by atoms with E-state index in [0.717, 1.165) is 26.1 Å². The average Bonchev–Trinajstić information content (AvgIpc) is 2.51. The molecule has 0 atom stereocenters. The predicted molar refractivity (Wildman–Crippen MR) is 93.6 cm³/mol. The fourth-order valence-corrected chi connectivity index (χ4v) is 3.21. The van der Waals surface area contributed by atoms with Gasteiger partial charge < -0.3 is 4.74 Å². The number of carbonyl (C=O) groups excluding carboxylic acids is 1. The van der Waals surface area contributed by atoms with E-state index < -0.39 is 19.1 Å². The van der Waals surface area contributed by atoms with Gasteiger partial charge in [-0.3, -0.25) is 4.90 Å². The van der Waals surface area contributed by atoms with E-state index in [0.29, 0.717) is 5.69 Å². The van der Waals surface area contributed by atoms with Crippen LogP contribution in [0, 0.1) is 13.8 Å². The molecule has 3 nitrogen and oxygen atoms in total. The third-order valence-corrected chi connectivity index (χ3v) is 3.93. The molecule has 128 valence electrons. The van der Waals surface area contributed by atoms with E-state index in [1.807, 2.05) is 18.2 Å². The minimum absolute atomic E-state index is 0.0357. The van der Waals surface area contributed by atoms with Crippen LogP contribution in [0.5, 0.6) is 0 Å². The Morgan fingerprint density at radius 2 is 1.75 bits per heavy atom. The zero-order chi connectivity index (χ0) is 17.7. The Kier molecular flexibility index (Phi) is 6.31. The third-order valence-electron chi connectivity index (χ3n) is 3.47. The number of amides is 1. The van der Waals surface area contributed by atoms with Crippen molar-refractivity contribution in [2.24, 2.45) is 0 Å².